The molecule has 3 unspecified atom stereocenters. The largest absolute Gasteiger partial charge is 0.480 e. The standard InChI is InChI=1S/C15H25NO3/c17-14(18)13-5-3-4-11(16-13)10-12-6-9-15(19-12)7-1-2-8-15/h11-13,16H,1-10H2,(H,17,18). The first-order valence-electron chi connectivity index (χ1n) is 7.84. The Balaban J connectivity index is 1.50. The Morgan fingerprint density at radius 3 is 2.68 bits per heavy atom. The summed E-state index contributed by atoms with van der Waals surface area (Å²) in [6.07, 6.45) is 11.7. The SMILES string of the molecule is O=C(O)C1CCCC(CC2CCC3(CCCC3)O2)N1. The van der Waals surface area contributed by atoms with Crippen LogP contribution in [0.25, 0.3) is 0 Å². The molecule has 3 fully saturated rings. The third-order valence-corrected chi connectivity index (χ3v) is 5.18. The molecule has 1 saturated carbocycles. The molecule has 0 bridgehead atoms. The highest BCUT2D eigenvalue weighted by Gasteiger charge is 2.42. The van der Waals surface area contributed by atoms with Gasteiger partial charge >= 0.3 is 5.97 Å². The van der Waals surface area contributed by atoms with Crippen LogP contribution in [0.5, 0.6) is 0 Å². The van der Waals surface area contributed by atoms with E-state index in [1.807, 2.05) is 0 Å². The smallest absolute Gasteiger partial charge is 0.320 e. The fraction of sp³-hybridized carbons (Fsp3) is 0.933. The van der Waals surface area contributed by atoms with Crippen LogP contribution in [0.2, 0.25) is 0 Å². The molecule has 3 aliphatic rings. The Morgan fingerprint density at radius 2 is 1.95 bits per heavy atom. The van der Waals surface area contributed by atoms with Gasteiger partial charge in [0.15, 0.2) is 0 Å². The summed E-state index contributed by atoms with van der Waals surface area (Å²) in [7, 11) is 0. The summed E-state index contributed by atoms with van der Waals surface area (Å²) < 4.78 is 6.32. The second kappa shape index (κ2) is 5.41. The van der Waals surface area contributed by atoms with Gasteiger partial charge in [0.05, 0.1) is 11.7 Å². The molecule has 19 heavy (non-hydrogen) atoms. The lowest BCUT2D eigenvalue weighted by Gasteiger charge is -2.31. The lowest BCUT2D eigenvalue weighted by molar-refractivity contribution is -0.140. The second-order valence-corrected chi connectivity index (χ2v) is 6.59. The van der Waals surface area contributed by atoms with Crippen LogP contribution in [0.15, 0.2) is 0 Å². The molecule has 4 nitrogen and oxygen atoms in total. The number of hydrogen-bond acceptors (Lipinski definition) is 3. The zero-order chi connectivity index (χ0) is 13.3. The first-order chi connectivity index (χ1) is 9.17. The van der Waals surface area contributed by atoms with E-state index in [0.29, 0.717) is 12.1 Å². The Hall–Kier alpha value is -0.610. The highest BCUT2D eigenvalue weighted by Crippen LogP contribution is 2.44. The van der Waals surface area contributed by atoms with Crippen LogP contribution in [0.3, 0.4) is 0 Å². The van der Waals surface area contributed by atoms with Crippen LogP contribution in [0, 0.1) is 0 Å². The number of rotatable bonds is 3. The average molecular weight is 267 g/mol. The number of aliphatic carboxylic acids is 1. The van der Waals surface area contributed by atoms with E-state index >= 15 is 0 Å². The average Bonchev–Trinajstić information content (AvgIpc) is 3.01. The van der Waals surface area contributed by atoms with Crippen LogP contribution < -0.4 is 5.32 Å². The van der Waals surface area contributed by atoms with Gasteiger partial charge in [0.2, 0.25) is 0 Å². The van der Waals surface area contributed by atoms with E-state index in [4.69, 9.17) is 9.84 Å². The molecule has 0 amide bonds. The van der Waals surface area contributed by atoms with E-state index in [1.54, 1.807) is 0 Å². The maximum atomic E-state index is 11.0. The van der Waals surface area contributed by atoms with E-state index in [2.05, 4.69) is 5.32 Å². The predicted molar refractivity (Wildman–Crippen MR) is 72.1 cm³/mol. The van der Waals surface area contributed by atoms with E-state index < -0.39 is 5.97 Å². The molecule has 108 valence electrons. The first-order valence-corrected chi connectivity index (χ1v) is 7.84. The van der Waals surface area contributed by atoms with Crippen LogP contribution in [-0.4, -0.2) is 34.9 Å². The number of piperidine rings is 1. The third kappa shape index (κ3) is 2.95. The highest BCUT2D eigenvalue weighted by atomic mass is 16.5. The molecule has 0 aromatic rings. The third-order valence-electron chi connectivity index (χ3n) is 5.18. The Kier molecular flexibility index (Phi) is 3.81. The summed E-state index contributed by atoms with van der Waals surface area (Å²) in [5.41, 5.74) is 0.200. The molecule has 2 N–H and O–H groups in total. The fourth-order valence-corrected chi connectivity index (χ4v) is 4.17. The van der Waals surface area contributed by atoms with Crippen molar-refractivity contribution in [3.8, 4) is 0 Å². The quantitative estimate of drug-likeness (QED) is 0.824. The van der Waals surface area contributed by atoms with Gasteiger partial charge in [0.1, 0.15) is 6.04 Å². The molecule has 3 rings (SSSR count). The molecule has 0 aromatic heterocycles. The molecule has 2 heterocycles. The van der Waals surface area contributed by atoms with Gasteiger partial charge in [-0.3, -0.25) is 4.79 Å². The van der Waals surface area contributed by atoms with Crippen LogP contribution in [0.4, 0.5) is 0 Å². The molecule has 1 aliphatic carbocycles. The fourth-order valence-electron chi connectivity index (χ4n) is 4.17. The molecule has 0 radical (unpaired) electrons. The molecule has 2 saturated heterocycles. The van der Waals surface area contributed by atoms with Gasteiger partial charge in [-0.1, -0.05) is 12.8 Å². The Morgan fingerprint density at radius 1 is 1.16 bits per heavy atom. The minimum Gasteiger partial charge on any atom is -0.480 e. The highest BCUT2D eigenvalue weighted by molar-refractivity contribution is 5.73. The van der Waals surface area contributed by atoms with Crippen molar-refractivity contribution < 1.29 is 14.6 Å². The molecule has 3 atom stereocenters. The Bertz CT molecular complexity index is 338. The van der Waals surface area contributed by atoms with Gasteiger partial charge in [-0.25, -0.2) is 0 Å². The minimum absolute atomic E-state index is 0.200. The van der Waals surface area contributed by atoms with Crippen molar-refractivity contribution in [3.63, 3.8) is 0 Å². The van der Waals surface area contributed by atoms with Gasteiger partial charge in [-0.15, -0.1) is 0 Å². The van der Waals surface area contributed by atoms with Crippen molar-refractivity contribution in [1.82, 2.24) is 5.32 Å². The number of carboxylic acids is 1. The summed E-state index contributed by atoms with van der Waals surface area (Å²) in [5.74, 6) is -0.704. The molecule has 2 aliphatic heterocycles. The summed E-state index contributed by atoms with van der Waals surface area (Å²) in [6, 6.07) is -0.0167. The summed E-state index contributed by atoms with van der Waals surface area (Å²) >= 11 is 0. The van der Waals surface area contributed by atoms with Crippen LogP contribution in [0.1, 0.15) is 64.2 Å². The zero-order valence-corrected chi connectivity index (χ0v) is 11.6. The monoisotopic (exact) mass is 267 g/mol. The van der Waals surface area contributed by atoms with Crippen molar-refractivity contribution in [2.45, 2.75) is 88.0 Å². The maximum absolute atomic E-state index is 11.0. The topological polar surface area (TPSA) is 58.6 Å². The van der Waals surface area contributed by atoms with Crippen molar-refractivity contribution in [2.24, 2.45) is 0 Å². The number of ether oxygens (including phenoxy) is 1. The Labute approximate surface area is 114 Å². The summed E-state index contributed by atoms with van der Waals surface area (Å²) in [6.45, 7) is 0. The van der Waals surface area contributed by atoms with Gasteiger partial charge in [-0.2, -0.15) is 0 Å². The van der Waals surface area contributed by atoms with E-state index in [-0.39, 0.29) is 11.6 Å². The molecular formula is C15H25NO3. The molecule has 1 spiro atoms. The number of carbonyl (C=O) groups is 1. The number of nitrogens with one attached hydrogen (secondary N) is 1. The van der Waals surface area contributed by atoms with Gasteiger partial charge in [0, 0.05) is 6.04 Å². The minimum atomic E-state index is -0.704. The van der Waals surface area contributed by atoms with E-state index in [1.165, 1.54) is 32.1 Å². The second-order valence-electron chi connectivity index (χ2n) is 6.59. The van der Waals surface area contributed by atoms with Gasteiger partial charge in [0.25, 0.3) is 0 Å². The van der Waals surface area contributed by atoms with Crippen molar-refractivity contribution in [1.29, 1.82) is 0 Å². The molecule has 0 aromatic carbocycles. The summed E-state index contributed by atoms with van der Waals surface area (Å²) in [4.78, 5) is 11.0. The molecule has 4 heteroatoms. The van der Waals surface area contributed by atoms with E-state index in [9.17, 15) is 4.79 Å². The number of carboxylic acid groups (broad SMARTS) is 1. The van der Waals surface area contributed by atoms with E-state index in [0.717, 1.165) is 32.1 Å². The van der Waals surface area contributed by atoms with Gasteiger partial charge in [-0.05, 0) is 51.4 Å². The zero-order valence-electron chi connectivity index (χ0n) is 11.6. The predicted octanol–water partition coefficient (Wildman–Crippen LogP) is 2.46. The van der Waals surface area contributed by atoms with Crippen LogP contribution in [-0.2, 0) is 9.53 Å². The van der Waals surface area contributed by atoms with Gasteiger partial charge < -0.3 is 15.2 Å². The normalized spacial score (nSPS) is 37.8. The van der Waals surface area contributed by atoms with Crippen LogP contribution >= 0.6 is 0 Å². The number of hydrogen-bond donors (Lipinski definition) is 2. The maximum Gasteiger partial charge on any atom is 0.320 e. The molecular weight excluding hydrogens is 242 g/mol. The lowest BCUT2D eigenvalue weighted by atomic mass is 9.93. The van der Waals surface area contributed by atoms with Crippen molar-refractivity contribution >= 4 is 5.97 Å². The van der Waals surface area contributed by atoms with Crippen molar-refractivity contribution in [2.75, 3.05) is 0 Å². The first kappa shape index (κ1) is 13.4. The lowest BCUT2D eigenvalue weighted by Crippen LogP contribution is -2.47. The summed E-state index contributed by atoms with van der Waals surface area (Å²) in [5, 5.41) is 12.4. The van der Waals surface area contributed by atoms with Crippen molar-refractivity contribution in [3.05, 3.63) is 0 Å².